The number of esters is 1. The van der Waals surface area contributed by atoms with E-state index >= 15 is 0 Å². The highest BCUT2D eigenvalue weighted by Gasteiger charge is 2.57. The molecular weight excluding hydrogens is 342 g/mol. The number of nitrogens with zero attached hydrogens (tertiary/aromatic N) is 2. The average Bonchev–Trinajstić information content (AvgIpc) is 3.01. The third-order valence-electron chi connectivity index (χ3n) is 5.30. The molecule has 1 aromatic carbocycles. The van der Waals surface area contributed by atoms with Gasteiger partial charge in [0.15, 0.2) is 11.2 Å². The predicted octanol–water partition coefficient (Wildman–Crippen LogP) is 2.53. The van der Waals surface area contributed by atoms with E-state index in [4.69, 9.17) is 10.5 Å². The number of anilines is 1. The molecule has 0 fully saturated rings. The topological polar surface area (TPSA) is 85.5 Å². The number of ketones is 1. The summed E-state index contributed by atoms with van der Waals surface area (Å²) in [7, 11) is 1.86. The summed E-state index contributed by atoms with van der Waals surface area (Å²) in [5.41, 5.74) is 7.12. The number of fused-ring (bicyclic) bond motifs is 1. The van der Waals surface area contributed by atoms with Gasteiger partial charge in [-0.15, -0.1) is 0 Å². The first-order valence-corrected chi connectivity index (χ1v) is 9.18. The van der Waals surface area contributed by atoms with E-state index < -0.39 is 17.4 Å². The number of nitrogens with two attached hydrogens (primary N) is 1. The molecule has 1 aliphatic carbocycles. The molecule has 2 atom stereocenters. The van der Waals surface area contributed by atoms with Gasteiger partial charge >= 0.3 is 5.97 Å². The molecule has 2 unspecified atom stereocenters. The van der Waals surface area contributed by atoms with E-state index in [1.807, 2.05) is 43.1 Å². The summed E-state index contributed by atoms with van der Waals surface area (Å²) in [6.07, 6.45) is 1.87. The molecule has 0 amide bonds. The summed E-state index contributed by atoms with van der Waals surface area (Å²) in [6.45, 7) is 4.56. The van der Waals surface area contributed by atoms with Gasteiger partial charge in [0.2, 0.25) is 0 Å². The van der Waals surface area contributed by atoms with Crippen LogP contribution in [0.4, 0.5) is 5.82 Å². The zero-order valence-electron chi connectivity index (χ0n) is 15.9. The summed E-state index contributed by atoms with van der Waals surface area (Å²) >= 11 is 0. The lowest BCUT2D eigenvalue weighted by molar-refractivity contribution is -0.153. The van der Waals surface area contributed by atoms with Crippen molar-refractivity contribution in [3.63, 3.8) is 0 Å². The molecule has 3 rings (SSSR count). The number of pyridine rings is 1. The van der Waals surface area contributed by atoms with Crippen molar-refractivity contribution in [1.29, 1.82) is 0 Å². The van der Waals surface area contributed by atoms with Gasteiger partial charge < -0.3 is 15.4 Å². The first-order chi connectivity index (χ1) is 13.0. The highest BCUT2D eigenvalue weighted by molar-refractivity contribution is 6.16. The minimum absolute atomic E-state index is 0.186. The number of carbonyl (C=O) groups excluding carboxylic acids is 2. The molecule has 0 bridgehead atoms. The number of rotatable bonds is 6. The summed E-state index contributed by atoms with van der Waals surface area (Å²) < 4.78 is 5.33. The van der Waals surface area contributed by atoms with Crippen LogP contribution in [0.1, 0.15) is 41.4 Å². The number of hydrogen-bond acceptors (Lipinski definition) is 6. The second kappa shape index (κ2) is 7.48. The Bertz CT molecular complexity index is 867. The van der Waals surface area contributed by atoms with Crippen LogP contribution < -0.4 is 10.6 Å². The number of Topliss-reactive ketones (excluding diaryl/α,β-unsaturated/α-hetero) is 1. The Kier molecular flexibility index (Phi) is 5.28. The normalized spacial score (nSPS) is 20.8. The van der Waals surface area contributed by atoms with Crippen LogP contribution in [0.15, 0.2) is 42.6 Å². The van der Waals surface area contributed by atoms with Gasteiger partial charge in [0.1, 0.15) is 5.82 Å². The van der Waals surface area contributed by atoms with E-state index in [1.165, 1.54) is 0 Å². The zero-order valence-corrected chi connectivity index (χ0v) is 15.9. The predicted molar refractivity (Wildman–Crippen MR) is 104 cm³/mol. The highest BCUT2D eigenvalue weighted by atomic mass is 16.5. The fourth-order valence-corrected chi connectivity index (χ4v) is 3.72. The summed E-state index contributed by atoms with van der Waals surface area (Å²) in [4.78, 5) is 33.1. The smallest absolute Gasteiger partial charge is 0.322 e. The van der Waals surface area contributed by atoms with Crippen LogP contribution in [0.3, 0.4) is 0 Å². The summed E-state index contributed by atoms with van der Waals surface area (Å²) in [5, 5.41) is 0. The molecule has 6 heteroatoms. The van der Waals surface area contributed by atoms with Crippen LogP contribution in [0.2, 0.25) is 0 Å². The Balaban J connectivity index is 2.15. The minimum Gasteiger partial charge on any atom is -0.465 e. The summed E-state index contributed by atoms with van der Waals surface area (Å²) in [5.74, 6) is -0.377. The van der Waals surface area contributed by atoms with E-state index in [-0.39, 0.29) is 18.8 Å². The third kappa shape index (κ3) is 3.00. The van der Waals surface area contributed by atoms with Crippen LogP contribution >= 0.6 is 0 Å². The first-order valence-electron chi connectivity index (χ1n) is 9.18. The van der Waals surface area contributed by atoms with Gasteiger partial charge in [0.05, 0.1) is 18.2 Å². The van der Waals surface area contributed by atoms with Crippen molar-refractivity contribution < 1.29 is 14.3 Å². The van der Waals surface area contributed by atoms with Crippen molar-refractivity contribution in [2.75, 3.05) is 25.1 Å². The van der Waals surface area contributed by atoms with Gasteiger partial charge in [-0.25, -0.2) is 4.98 Å². The molecule has 0 saturated heterocycles. The van der Waals surface area contributed by atoms with Crippen LogP contribution in [-0.4, -0.2) is 36.9 Å². The van der Waals surface area contributed by atoms with Crippen molar-refractivity contribution in [1.82, 2.24) is 4.98 Å². The lowest BCUT2D eigenvalue weighted by Gasteiger charge is -2.31. The van der Waals surface area contributed by atoms with Gasteiger partial charge in [0, 0.05) is 19.8 Å². The molecular formula is C21H25N3O3. The lowest BCUT2D eigenvalue weighted by atomic mass is 9.74. The maximum atomic E-state index is 13.8. The molecule has 0 spiro atoms. The average molecular weight is 367 g/mol. The number of aromatic nitrogens is 1. The molecule has 1 aliphatic rings. The van der Waals surface area contributed by atoms with E-state index in [0.29, 0.717) is 17.9 Å². The molecule has 27 heavy (non-hydrogen) atoms. The molecule has 2 aromatic rings. The van der Waals surface area contributed by atoms with Crippen LogP contribution in [0, 0.1) is 5.41 Å². The van der Waals surface area contributed by atoms with Gasteiger partial charge in [-0.3, -0.25) is 9.59 Å². The van der Waals surface area contributed by atoms with E-state index in [2.05, 4.69) is 4.98 Å². The molecule has 142 valence electrons. The molecule has 0 aliphatic heterocycles. The molecule has 6 nitrogen and oxygen atoms in total. The number of benzene rings is 1. The monoisotopic (exact) mass is 367 g/mol. The van der Waals surface area contributed by atoms with E-state index in [0.717, 1.165) is 11.1 Å². The van der Waals surface area contributed by atoms with Crippen molar-refractivity contribution in [2.45, 2.75) is 26.3 Å². The Morgan fingerprint density at radius 1 is 1.26 bits per heavy atom. The van der Waals surface area contributed by atoms with E-state index in [1.54, 1.807) is 25.3 Å². The Morgan fingerprint density at radius 2 is 2.00 bits per heavy atom. The maximum Gasteiger partial charge on any atom is 0.322 e. The quantitative estimate of drug-likeness (QED) is 0.480. The Labute approximate surface area is 159 Å². The lowest BCUT2D eigenvalue weighted by Crippen LogP contribution is -2.47. The fourth-order valence-electron chi connectivity index (χ4n) is 3.72. The molecule has 1 heterocycles. The number of ether oxygens (including phenoxy) is 1. The number of hydrogen-bond donors (Lipinski definition) is 1. The van der Waals surface area contributed by atoms with Crippen molar-refractivity contribution >= 4 is 17.6 Å². The van der Waals surface area contributed by atoms with Crippen LogP contribution in [-0.2, 0) is 16.0 Å². The van der Waals surface area contributed by atoms with Gasteiger partial charge in [0.25, 0.3) is 0 Å². The molecule has 0 saturated carbocycles. The second-order valence-corrected chi connectivity index (χ2v) is 6.76. The van der Waals surface area contributed by atoms with Gasteiger partial charge in [-0.2, -0.15) is 0 Å². The highest BCUT2D eigenvalue weighted by Crippen LogP contribution is 2.48. The van der Waals surface area contributed by atoms with Crippen molar-refractivity contribution in [3.05, 3.63) is 59.3 Å². The van der Waals surface area contributed by atoms with Gasteiger partial charge in [-0.1, -0.05) is 24.3 Å². The molecule has 0 radical (unpaired) electrons. The Hall–Kier alpha value is -2.73. The zero-order chi connectivity index (χ0) is 19.6. The van der Waals surface area contributed by atoms with Crippen molar-refractivity contribution in [2.24, 2.45) is 11.1 Å². The fraction of sp³-hybridized carbons (Fsp3) is 0.381. The van der Waals surface area contributed by atoms with E-state index in [9.17, 15) is 9.59 Å². The van der Waals surface area contributed by atoms with Gasteiger partial charge in [-0.05, 0) is 43.5 Å². The molecule has 2 N–H and O–H groups in total. The molecule has 1 aromatic heterocycles. The first kappa shape index (κ1) is 19.0. The third-order valence-corrected chi connectivity index (χ3v) is 5.30. The second-order valence-electron chi connectivity index (χ2n) is 6.76. The van der Waals surface area contributed by atoms with Crippen LogP contribution in [0.25, 0.3) is 0 Å². The minimum atomic E-state index is -1.48. The van der Waals surface area contributed by atoms with Crippen LogP contribution in [0.5, 0.6) is 0 Å². The SMILES string of the molecule is CCOC(=O)C1(C(=O)c2cccnc2N(C)CC)Cc2ccccc2C1N. The van der Waals surface area contributed by atoms with Crippen molar-refractivity contribution in [3.8, 4) is 0 Å². The standard InChI is InChI=1S/C21H25N3O3/c1-4-24(3)19-16(11-8-12-23-19)18(25)21(20(26)27-5-2)13-14-9-6-7-10-15(14)17(21)22/h6-12,17H,4-5,13,22H2,1-3H3. The largest absolute Gasteiger partial charge is 0.465 e. The Morgan fingerprint density at radius 3 is 2.67 bits per heavy atom. The maximum absolute atomic E-state index is 13.8. The summed E-state index contributed by atoms with van der Waals surface area (Å²) in [6, 6.07) is 10.2. The number of carbonyl (C=O) groups is 2.